The third-order valence-corrected chi connectivity index (χ3v) is 4.73. The summed E-state index contributed by atoms with van der Waals surface area (Å²) >= 11 is 5.06. The van der Waals surface area contributed by atoms with E-state index in [2.05, 4.69) is 47.0 Å². The van der Waals surface area contributed by atoms with Gasteiger partial charge in [0, 0.05) is 39.6 Å². The van der Waals surface area contributed by atoms with Crippen LogP contribution >= 0.6 is 27.3 Å². The fourth-order valence-corrected chi connectivity index (χ4v) is 3.08. The standard InChI is InChI=1S/C15H18BrFN2S/c1-15(2,3)14-19-9-12(20-14)8-18-7-10-6-11(16)4-5-13(10)17/h4-6,9,18H,7-8H2,1-3H3. The van der Waals surface area contributed by atoms with Gasteiger partial charge in [0.2, 0.25) is 0 Å². The summed E-state index contributed by atoms with van der Waals surface area (Å²) in [5.41, 5.74) is 0.749. The van der Waals surface area contributed by atoms with E-state index in [1.807, 2.05) is 6.20 Å². The molecule has 1 aromatic carbocycles. The van der Waals surface area contributed by atoms with Gasteiger partial charge in [-0.05, 0) is 18.2 Å². The van der Waals surface area contributed by atoms with Crippen LogP contribution in [0.25, 0.3) is 0 Å². The van der Waals surface area contributed by atoms with E-state index in [0.717, 1.165) is 9.48 Å². The van der Waals surface area contributed by atoms with Crippen LogP contribution in [0, 0.1) is 5.82 Å². The average molecular weight is 357 g/mol. The Bertz CT molecular complexity index is 590. The van der Waals surface area contributed by atoms with Crippen molar-refractivity contribution < 1.29 is 4.39 Å². The van der Waals surface area contributed by atoms with Crippen LogP contribution in [0.3, 0.4) is 0 Å². The van der Waals surface area contributed by atoms with Crippen molar-refractivity contribution in [2.75, 3.05) is 0 Å². The van der Waals surface area contributed by atoms with Gasteiger partial charge in [-0.25, -0.2) is 9.37 Å². The summed E-state index contributed by atoms with van der Waals surface area (Å²) in [4.78, 5) is 5.61. The van der Waals surface area contributed by atoms with E-state index in [0.29, 0.717) is 18.7 Å². The fraction of sp³-hybridized carbons (Fsp3) is 0.400. The number of aromatic nitrogens is 1. The van der Waals surface area contributed by atoms with Crippen LogP contribution in [0.15, 0.2) is 28.9 Å². The molecule has 1 N–H and O–H groups in total. The third-order valence-electron chi connectivity index (χ3n) is 2.82. The van der Waals surface area contributed by atoms with E-state index in [9.17, 15) is 4.39 Å². The molecule has 5 heteroatoms. The second kappa shape index (κ2) is 6.33. The van der Waals surface area contributed by atoms with Gasteiger partial charge in [-0.2, -0.15) is 0 Å². The summed E-state index contributed by atoms with van der Waals surface area (Å²) in [7, 11) is 0. The van der Waals surface area contributed by atoms with E-state index in [4.69, 9.17) is 0 Å². The highest BCUT2D eigenvalue weighted by Gasteiger charge is 2.17. The molecule has 0 spiro atoms. The summed E-state index contributed by atoms with van der Waals surface area (Å²) in [5.74, 6) is -0.180. The molecule has 2 nitrogen and oxygen atoms in total. The minimum Gasteiger partial charge on any atom is -0.308 e. The summed E-state index contributed by atoms with van der Waals surface area (Å²) in [5, 5.41) is 4.39. The number of thiazole rings is 1. The first-order valence-corrected chi connectivity index (χ1v) is 8.07. The van der Waals surface area contributed by atoms with Crippen molar-refractivity contribution in [2.24, 2.45) is 0 Å². The number of hydrogen-bond donors (Lipinski definition) is 1. The largest absolute Gasteiger partial charge is 0.308 e. The molecule has 0 bridgehead atoms. The van der Waals surface area contributed by atoms with E-state index >= 15 is 0 Å². The SMILES string of the molecule is CC(C)(C)c1ncc(CNCc2cc(Br)ccc2F)s1. The first-order chi connectivity index (χ1) is 9.36. The molecule has 0 unspecified atom stereocenters. The molecule has 20 heavy (non-hydrogen) atoms. The van der Waals surface area contributed by atoms with Gasteiger partial charge < -0.3 is 5.32 Å². The number of nitrogens with zero attached hydrogens (tertiary/aromatic N) is 1. The number of benzene rings is 1. The second-order valence-electron chi connectivity index (χ2n) is 5.72. The van der Waals surface area contributed by atoms with Crippen LogP contribution < -0.4 is 5.32 Å². The molecule has 2 aromatic rings. The number of halogens is 2. The summed E-state index contributed by atoms with van der Waals surface area (Å²) in [6, 6.07) is 4.98. The van der Waals surface area contributed by atoms with Gasteiger partial charge in [-0.3, -0.25) is 0 Å². The topological polar surface area (TPSA) is 24.9 Å². The van der Waals surface area contributed by atoms with Crippen molar-refractivity contribution in [3.63, 3.8) is 0 Å². The number of hydrogen-bond acceptors (Lipinski definition) is 3. The molecule has 0 saturated carbocycles. The zero-order valence-corrected chi connectivity index (χ0v) is 14.2. The Kier molecular flexibility index (Phi) is 4.94. The molecule has 0 saturated heterocycles. The smallest absolute Gasteiger partial charge is 0.127 e. The van der Waals surface area contributed by atoms with Gasteiger partial charge in [0.25, 0.3) is 0 Å². The Morgan fingerprint density at radius 2 is 2.05 bits per heavy atom. The van der Waals surface area contributed by atoms with Crippen molar-refractivity contribution in [1.29, 1.82) is 0 Å². The maximum absolute atomic E-state index is 13.6. The zero-order valence-electron chi connectivity index (χ0n) is 11.8. The Balaban J connectivity index is 1.93. The third kappa shape index (κ3) is 4.11. The van der Waals surface area contributed by atoms with Crippen molar-refractivity contribution in [3.05, 3.63) is 50.1 Å². The fourth-order valence-electron chi connectivity index (χ4n) is 1.74. The minimum atomic E-state index is -0.180. The highest BCUT2D eigenvalue weighted by Crippen LogP contribution is 2.26. The lowest BCUT2D eigenvalue weighted by molar-refractivity contribution is 0.585. The molecule has 0 fully saturated rings. The lowest BCUT2D eigenvalue weighted by atomic mass is 9.98. The molecular formula is C15H18BrFN2S. The maximum Gasteiger partial charge on any atom is 0.127 e. The summed E-state index contributed by atoms with van der Waals surface area (Å²) in [6.45, 7) is 7.67. The Hall–Kier alpha value is -0.780. The van der Waals surface area contributed by atoms with Gasteiger partial charge in [0.15, 0.2) is 0 Å². The normalized spacial score (nSPS) is 11.8. The lowest BCUT2D eigenvalue weighted by Gasteiger charge is -2.13. The molecule has 1 aromatic heterocycles. The van der Waals surface area contributed by atoms with Crippen LogP contribution in [0.4, 0.5) is 4.39 Å². The zero-order chi connectivity index (χ0) is 14.8. The Morgan fingerprint density at radius 3 is 2.70 bits per heavy atom. The van der Waals surface area contributed by atoms with Crippen LogP contribution in [0.2, 0.25) is 0 Å². The molecular weight excluding hydrogens is 339 g/mol. The molecule has 1 heterocycles. The van der Waals surface area contributed by atoms with Crippen LogP contribution in [0.5, 0.6) is 0 Å². The van der Waals surface area contributed by atoms with E-state index in [1.54, 1.807) is 23.5 Å². The maximum atomic E-state index is 13.6. The number of nitrogens with one attached hydrogen (secondary N) is 1. The quantitative estimate of drug-likeness (QED) is 0.863. The molecule has 0 radical (unpaired) electrons. The molecule has 0 amide bonds. The predicted octanol–water partition coefficient (Wildman–Crippen LogP) is 4.63. The van der Waals surface area contributed by atoms with Gasteiger partial charge in [-0.1, -0.05) is 36.7 Å². The first-order valence-electron chi connectivity index (χ1n) is 6.46. The predicted molar refractivity (Wildman–Crippen MR) is 85.5 cm³/mol. The molecule has 0 atom stereocenters. The van der Waals surface area contributed by atoms with Crippen molar-refractivity contribution >= 4 is 27.3 Å². The first kappa shape index (κ1) is 15.6. The molecule has 108 valence electrons. The van der Waals surface area contributed by atoms with Crippen LogP contribution in [-0.2, 0) is 18.5 Å². The van der Waals surface area contributed by atoms with Crippen molar-refractivity contribution in [3.8, 4) is 0 Å². The van der Waals surface area contributed by atoms with Crippen LogP contribution in [-0.4, -0.2) is 4.98 Å². The van der Waals surface area contributed by atoms with Gasteiger partial charge in [-0.15, -0.1) is 11.3 Å². The summed E-state index contributed by atoms with van der Waals surface area (Å²) in [6.07, 6.45) is 1.90. The van der Waals surface area contributed by atoms with Crippen LogP contribution in [0.1, 0.15) is 36.2 Å². The van der Waals surface area contributed by atoms with E-state index in [-0.39, 0.29) is 11.2 Å². The van der Waals surface area contributed by atoms with Crippen molar-refractivity contribution in [1.82, 2.24) is 10.3 Å². The highest BCUT2D eigenvalue weighted by molar-refractivity contribution is 9.10. The van der Waals surface area contributed by atoms with Gasteiger partial charge in [0.1, 0.15) is 5.82 Å². The Morgan fingerprint density at radius 1 is 1.30 bits per heavy atom. The van der Waals surface area contributed by atoms with Crippen molar-refractivity contribution in [2.45, 2.75) is 39.3 Å². The monoisotopic (exact) mass is 356 g/mol. The van der Waals surface area contributed by atoms with E-state index < -0.39 is 0 Å². The molecule has 0 aliphatic heterocycles. The average Bonchev–Trinajstić information content (AvgIpc) is 2.82. The van der Waals surface area contributed by atoms with E-state index in [1.165, 1.54) is 10.9 Å². The molecule has 2 rings (SSSR count). The van der Waals surface area contributed by atoms with Gasteiger partial charge in [0.05, 0.1) is 5.01 Å². The lowest BCUT2D eigenvalue weighted by Crippen LogP contribution is -2.13. The molecule has 0 aliphatic carbocycles. The Labute approximate surface area is 131 Å². The van der Waals surface area contributed by atoms with Gasteiger partial charge >= 0.3 is 0 Å². The molecule has 0 aliphatic rings. The second-order valence-corrected chi connectivity index (χ2v) is 7.75. The summed E-state index contributed by atoms with van der Waals surface area (Å²) < 4.78 is 14.5. The highest BCUT2D eigenvalue weighted by atomic mass is 79.9. The number of rotatable bonds is 4. The minimum absolute atomic E-state index is 0.0827.